The Hall–Kier alpha value is -0.860. The summed E-state index contributed by atoms with van der Waals surface area (Å²) in [6.45, 7) is 8.96. The van der Waals surface area contributed by atoms with Gasteiger partial charge in [-0.15, -0.1) is 24.0 Å². The van der Waals surface area contributed by atoms with Gasteiger partial charge >= 0.3 is 0 Å². The van der Waals surface area contributed by atoms with Crippen molar-refractivity contribution in [1.82, 2.24) is 15.5 Å². The van der Waals surface area contributed by atoms with E-state index in [0.717, 1.165) is 51.6 Å². The van der Waals surface area contributed by atoms with Crippen molar-refractivity contribution in [3.63, 3.8) is 0 Å². The Bertz CT molecular complexity index is 528. The van der Waals surface area contributed by atoms with Gasteiger partial charge in [0.25, 0.3) is 0 Å². The zero-order valence-electron chi connectivity index (χ0n) is 17.7. The van der Waals surface area contributed by atoms with E-state index < -0.39 is 0 Å². The summed E-state index contributed by atoms with van der Waals surface area (Å²) in [4.78, 5) is 6.89. The van der Waals surface area contributed by atoms with E-state index >= 15 is 0 Å². The summed E-state index contributed by atoms with van der Waals surface area (Å²) in [7, 11) is 1.82. The lowest BCUT2D eigenvalue weighted by atomic mass is 10.1. The first-order valence-corrected chi connectivity index (χ1v) is 10.6. The van der Waals surface area contributed by atoms with Crippen LogP contribution in [0, 0.1) is 0 Å². The summed E-state index contributed by atoms with van der Waals surface area (Å²) in [5, 5.41) is 6.76. The topological polar surface area (TPSA) is 48.9 Å². The molecule has 28 heavy (non-hydrogen) atoms. The van der Waals surface area contributed by atoms with E-state index in [2.05, 4.69) is 44.8 Å². The molecule has 0 radical (unpaired) electrons. The third kappa shape index (κ3) is 10.6. The molecule has 0 amide bonds. The molecule has 1 fully saturated rings. The minimum absolute atomic E-state index is 0. The summed E-state index contributed by atoms with van der Waals surface area (Å²) >= 11 is 0. The van der Waals surface area contributed by atoms with Crippen LogP contribution < -0.4 is 10.6 Å². The number of ether oxygens (including phenoxy) is 1. The lowest BCUT2D eigenvalue weighted by Crippen LogP contribution is -2.37. The average molecular weight is 502 g/mol. The van der Waals surface area contributed by atoms with Gasteiger partial charge in [0.1, 0.15) is 0 Å². The molecule has 0 saturated carbocycles. The lowest BCUT2D eigenvalue weighted by Gasteiger charge is -2.20. The molecule has 0 unspecified atom stereocenters. The van der Waals surface area contributed by atoms with Crippen molar-refractivity contribution in [3.05, 3.63) is 35.4 Å². The minimum Gasteiger partial charge on any atom is -0.382 e. The molecule has 0 aliphatic carbocycles. The molecule has 0 bridgehead atoms. The van der Waals surface area contributed by atoms with Crippen LogP contribution in [0.5, 0.6) is 0 Å². The van der Waals surface area contributed by atoms with Crippen LogP contribution in [-0.2, 0) is 17.8 Å². The Morgan fingerprint density at radius 1 is 1.00 bits per heavy atom. The molecule has 1 aliphatic rings. The number of rotatable bonds is 10. The van der Waals surface area contributed by atoms with Crippen molar-refractivity contribution < 1.29 is 4.74 Å². The number of nitrogens with one attached hydrogen (secondary N) is 2. The van der Waals surface area contributed by atoms with E-state index in [4.69, 9.17) is 4.74 Å². The van der Waals surface area contributed by atoms with Gasteiger partial charge in [0.05, 0.1) is 0 Å². The summed E-state index contributed by atoms with van der Waals surface area (Å²) in [6, 6.07) is 9.00. The first-order valence-electron chi connectivity index (χ1n) is 10.6. The van der Waals surface area contributed by atoms with Gasteiger partial charge in [-0.2, -0.15) is 0 Å². The lowest BCUT2D eigenvalue weighted by molar-refractivity contribution is 0.143. The second kappa shape index (κ2) is 16.0. The van der Waals surface area contributed by atoms with Crippen molar-refractivity contribution in [2.45, 2.75) is 58.5 Å². The van der Waals surface area contributed by atoms with Gasteiger partial charge in [-0.1, -0.05) is 37.1 Å². The Morgan fingerprint density at radius 2 is 1.68 bits per heavy atom. The van der Waals surface area contributed by atoms with Gasteiger partial charge in [0, 0.05) is 39.9 Å². The fraction of sp³-hybridized carbons (Fsp3) is 0.682. The first-order chi connectivity index (χ1) is 13.3. The number of nitrogens with zero attached hydrogens (tertiary/aromatic N) is 2. The smallest absolute Gasteiger partial charge is 0.191 e. The first kappa shape index (κ1) is 25.2. The van der Waals surface area contributed by atoms with Crippen LogP contribution >= 0.6 is 24.0 Å². The highest BCUT2D eigenvalue weighted by atomic mass is 127. The maximum absolute atomic E-state index is 5.36. The largest absolute Gasteiger partial charge is 0.382 e. The van der Waals surface area contributed by atoms with Crippen LogP contribution in [-0.4, -0.2) is 50.8 Å². The maximum Gasteiger partial charge on any atom is 0.191 e. The second-order valence-electron chi connectivity index (χ2n) is 7.26. The standard InChI is InChI=1S/C22H38N4O.HI/c1-3-27-17-9-6-14-24-22(23-2)25-18-20-10-12-21(13-11-20)19-26-15-7-4-5-8-16-26;/h10-13H,3-9,14-19H2,1-2H3,(H2,23,24,25);1H. The molecule has 1 saturated heterocycles. The summed E-state index contributed by atoms with van der Waals surface area (Å²) < 4.78 is 5.36. The van der Waals surface area contributed by atoms with Gasteiger partial charge < -0.3 is 15.4 Å². The Labute approximate surface area is 188 Å². The summed E-state index contributed by atoms with van der Waals surface area (Å²) in [6.07, 6.45) is 7.65. The number of benzene rings is 1. The van der Waals surface area contributed by atoms with Crippen LogP contribution in [0.2, 0.25) is 0 Å². The zero-order valence-corrected chi connectivity index (χ0v) is 20.0. The van der Waals surface area contributed by atoms with Crippen LogP contribution in [0.1, 0.15) is 56.6 Å². The summed E-state index contributed by atoms with van der Waals surface area (Å²) in [5.74, 6) is 0.861. The molecule has 0 atom stereocenters. The Balaban J connectivity index is 0.00000392. The van der Waals surface area contributed by atoms with E-state index in [1.807, 2.05) is 14.0 Å². The van der Waals surface area contributed by atoms with Crippen molar-refractivity contribution in [2.75, 3.05) is 39.9 Å². The molecule has 0 aromatic heterocycles. The van der Waals surface area contributed by atoms with Gasteiger partial charge in [-0.05, 0) is 56.8 Å². The predicted molar refractivity (Wildman–Crippen MR) is 130 cm³/mol. The molecule has 160 valence electrons. The molecule has 1 heterocycles. The molecule has 1 aromatic rings. The van der Waals surface area contributed by atoms with Crippen molar-refractivity contribution in [3.8, 4) is 0 Å². The average Bonchev–Trinajstić information content (AvgIpc) is 2.97. The van der Waals surface area contributed by atoms with Gasteiger partial charge in [-0.25, -0.2) is 0 Å². The quantitative estimate of drug-likeness (QED) is 0.218. The Kier molecular flexibility index (Phi) is 14.4. The van der Waals surface area contributed by atoms with Crippen LogP contribution in [0.25, 0.3) is 0 Å². The number of hydrogen-bond donors (Lipinski definition) is 2. The maximum atomic E-state index is 5.36. The van der Waals surface area contributed by atoms with Crippen molar-refractivity contribution in [1.29, 1.82) is 0 Å². The van der Waals surface area contributed by atoms with Crippen molar-refractivity contribution >= 4 is 29.9 Å². The van der Waals surface area contributed by atoms with Crippen LogP contribution in [0.3, 0.4) is 0 Å². The fourth-order valence-corrected chi connectivity index (χ4v) is 3.40. The fourth-order valence-electron chi connectivity index (χ4n) is 3.40. The highest BCUT2D eigenvalue weighted by Gasteiger charge is 2.09. The third-order valence-corrected chi connectivity index (χ3v) is 5.02. The minimum atomic E-state index is 0. The number of likely N-dealkylation sites (tertiary alicyclic amines) is 1. The number of halogens is 1. The van der Waals surface area contributed by atoms with E-state index in [0.29, 0.717) is 0 Å². The normalized spacial score (nSPS) is 15.6. The van der Waals surface area contributed by atoms with E-state index in [1.165, 1.54) is 49.9 Å². The molecule has 2 rings (SSSR count). The van der Waals surface area contributed by atoms with E-state index in [-0.39, 0.29) is 24.0 Å². The number of aliphatic imine (C=N–C) groups is 1. The van der Waals surface area contributed by atoms with Gasteiger partial charge in [0.15, 0.2) is 5.96 Å². The van der Waals surface area contributed by atoms with Gasteiger partial charge in [0.2, 0.25) is 0 Å². The number of hydrogen-bond acceptors (Lipinski definition) is 3. The highest BCUT2D eigenvalue weighted by Crippen LogP contribution is 2.13. The molecule has 1 aromatic carbocycles. The molecular formula is C22H39IN4O. The van der Waals surface area contributed by atoms with E-state index in [1.54, 1.807) is 0 Å². The number of guanidine groups is 1. The summed E-state index contributed by atoms with van der Waals surface area (Å²) in [5.41, 5.74) is 2.70. The van der Waals surface area contributed by atoms with E-state index in [9.17, 15) is 0 Å². The predicted octanol–water partition coefficient (Wildman–Crippen LogP) is 4.16. The molecule has 5 nitrogen and oxygen atoms in total. The third-order valence-electron chi connectivity index (χ3n) is 5.02. The molecule has 0 spiro atoms. The van der Waals surface area contributed by atoms with Crippen LogP contribution in [0.15, 0.2) is 29.3 Å². The monoisotopic (exact) mass is 502 g/mol. The molecule has 1 aliphatic heterocycles. The highest BCUT2D eigenvalue weighted by molar-refractivity contribution is 14.0. The SMILES string of the molecule is CCOCCCCNC(=NC)NCc1ccc(CN2CCCCCC2)cc1.I. The number of unbranched alkanes of at least 4 members (excludes halogenated alkanes) is 1. The van der Waals surface area contributed by atoms with Gasteiger partial charge in [-0.3, -0.25) is 9.89 Å². The Morgan fingerprint density at radius 3 is 2.32 bits per heavy atom. The second-order valence-corrected chi connectivity index (χ2v) is 7.26. The van der Waals surface area contributed by atoms with Crippen molar-refractivity contribution in [2.24, 2.45) is 4.99 Å². The zero-order chi connectivity index (χ0) is 19.2. The molecule has 6 heteroatoms. The van der Waals surface area contributed by atoms with Crippen LogP contribution in [0.4, 0.5) is 0 Å². The molecule has 2 N–H and O–H groups in total. The molecular weight excluding hydrogens is 463 g/mol.